The van der Waals surface area contributed by atoms with Crippen LogP contribution < -0.4 is 25.7 Å². The Kier molecular flexibility index (Phi) is 11.0. The van der Waals surface area contributed by atoms with E-state index in [4.69, 9.17) is 26.1 Å². The van der Waals surface area contributed by atoms with Gasteiger partial charge in [0.2, 0.25) is 21.8 Å². The van der Waals surface area contributed by atoms with Gasteiger partial charge in [0.25, 0.3) is 17.5 Å². The third-order valence-electron chi connectivity index (χ3n) is 13.0. The van der Waals surface area contributed by atoms with E-state index in [0.29, 0.717) is 54.6 Å². The SMILES string of the molecule is C=C[C@@H]1C[C@]1(NC(=O)[C@@H]1C[C@@H]2CN1C(=O)[C@H](C1CCCC1)NC(=O)O[C@@H]1CCC[C@H]1CCCCCn1c(nc3cc(Cl)ccc3c1=O)O2)C(=O)NS(=O)(=O)C1CC1. The first-order valence-corrected chi connectivity index (χ1v) is 22.4. The Labute approximate surface area is 336 Å². The summed E-state index contributed by atoms with van der Waals surface area (Å²) in [7, 11) is -3.92. The summed E-state index contributed by atoms with van der Waals surface area (Å²) in [5.41, 5.74) is -1.53. The zero-order valence-corrected chi connectivity index (χ0v) is 33.5. The van der Waals surface area contributed by atoms with Crippen LogP contribution in [0.2, 0.25) is 5.02 Å². The predicted molar refractivity (Wildman–Crippen MR) is 210 cm³/mol. The molecule has 0 radical (unpaired) electrons. The molecule has 4 aliphatic carbocycles. The largest absolute Gasteiger partial charge is 0.459 e. The smallest absolute Gasteiger partial charge is 0.408 e. The molecule has 1 saturated heterocycles. The highest BCUT2D eigenvalue weighted by molar-refractivity contribution is 7.91. The van der Waals surface area contributed by atoms with Crippen molar-refractivity contribution in [3.8, 4) is 6.01 Å². The van der Waals surface area contributed by atoms with E-state index in [-0.39, 0.29) is 48.9 Å². The van der Waals surface area contributed by atoms with Gasteiger partial charge in [0, 0.05) is 23.9 Å². The molecule has 0 unspecified atom stereocenters. The van der Waals surface area contributed by atoms with E-state index in [0.717, 1.165) is 51.4 Å². The monoisotopic (exact) mass is 826 g/mol. The van der Waals surface area contributed by atoms with E-state index in [2.05, 4.69) is 21.9 Å². The number of alkyl carbamates (subject to hydrolysis) is 1. The summed E-state index contributed by atoms with van der Waals surface area (Å²) in [6, 6.07) is 2.72. The lowest BCUT2D eigenvalue weighted by atomic mass is 9.96. The zero-order valence-electron chi connectivity index (χ0n) is 32.0. The first-order chi connectivity index (χ1) is 27.4. The molecule has 2 bridgehead atoms. The molecule has 57 heavy (non-hydrogen) atoms. The van der Waals surface area contributed by atoms with Gasteiger partial charge in [-0.15, -0.1) is 6.58 Å². The molecular formula is C40H51ClN6O9S. The maximum Gasteiger partial charge on any atom is 0.408 e. The number of sulfonamides is 1. The van der Waals surface area contributed by atoms with Gasteiger partial charge in [0.1, 0.15) is 29.8 Å². The van der Waals surface area contributed by atoms with Crippen molar-refractivity contribution in [2.45, 2.75) is 138 Å². The van der Waals surface area contributed by atoms with E-state index >= 15 is 0 Å². The van der Waals surface area contributed by atoms with Crippen molar-refractivity contribution in [1.82, 2.24) is 29.8 Å². The minimum Gasteiger partial charge on any atom is -0.459 e. The summed E-state index contributed by atoms with van der Waals surface area (Å²) in [5, 5.41) is 5.85. The quantitative estimate of drug-likeness (QED) is 0.342. The van der Waals surface area contributed by atoms with Crippen LogP contribution in [0.5, 0.6) is 6.01 Å². The molecule has 4 saturated carbocycles. The number of hydrogen-bond acceptors (Lipinski definition) is 10. The zero-order chi connectivity index (χ0) is 40.1. The minimum atomic E-state index is -3.92. The Morgan fingerprint density at radius 3 is 2.44 bits per heavy atom. The van der Waals surface area contributed by atoms with Gasteiger partial charge in [0.05, 0.1) is 22.7 Å². The number of ether oxygens (including phenoxy) is 2. The number of nitrogens with one attached hydrogen (secondary N) is 3. The summed E-state index contributed by atoms with van der Waals surface area (Å²) in [6.45, 7) is 4.02. The van der Waals surface area contributed by atoms with Crippen LogP contribution in [0.25, 0.3) is 10.9 Å². The van der Waals surface area contributed by atoms with Gasteiger partial charge in [0.15, 0.2) is 0 Å². The van der Waals surface area contributed by atoms with Crippen LogP contribution in [0.4, 0.5) is 4.79 Å². The molecule has 7 atom stereocenters. The predicted octanol–water partition coefficient (Wildman–Crippen LogP) is 4.10. The minimum absolute atomic E-state index is 0.0364. The van der Waals surface area contributed by atoms with Crippen LogP contribution in [-0.2, 0) is 35.7 Å². The number of halogens is 1. The molecule has 4 amide bonds. The molecule has 2 aromatic rings. The van der Waals surface area contributed by atoms with Gasteiger partial charge < -0.3 is 25.0 Å². The van der Waals surface area contributed by atoms with Crippen molar-refractivity contribution in [2.24, 2.45) is 17.8 Å². The maximum atomic E-state index is 14.8. The summed E-state index contributed by atoms with van der Waals surface area (Å²) in [4.78, 5) is 76.6. The van der Waals surface area contributed by atoms with Crippen molar-refractivity contribution >= 4 is 56.3 Å². The molecule has 1 aromatic carbocycles. The van der Waals surface area contributed by atoms with Gasteiger partial charge in [-0.1, -0.05) is 43.4 Å². The number of benzene rings is 1. The Morgan fingerprint density at radius 1 is 0.965 bits per heavy atom. The lowest BCUT2D eigenvalue weighted by Gasteiger charge is -2.32. The summed E-state index contributed by atoms with van der Waals surface area (Å²) >= 11 is 6.31. The highest BCUT2D eigenvalue weighted by Crippen LogP contribution is 2.46. The topological polar surface area (TPSA) is 195 Å². The van der Waals surface area contributed by atoms with E-state index in [9.17, 15) is 32.4 Å². The third kappa shape index (κ3) is 8.12. The highest BCUT2D eigenvalue weighted by atomic mass is 35.5. The first kappa shape index (κ1) is 39.6. The Morgan fingerprint density at radius 2 is 1.70 bits per heavy atom. The summed E-state index contributed by atoms with van der Waals surface area (Å²) < 4.78 is 41.8. The molecular weight excluding hydrogens is 776 g/mol. The lowest BCUT2D eigenvalue weighted by molar-refractivity contribution is -0.142. The number of amides is 4. The van der Waals surface area contributed by atoms with E-state index in [1.807, 2.05) is 0 Å². The number of fused-ring (bicyclic) bond motifs is 5. The maximum absolute atomic E-state index is 14.8. The molecule has 2 aliphatic heterocycles. The Bertz CT molecular complexity index is 2120. The molecule has 308 valence electrons. The summed E-state index contributed by atoms with van der Waals surface area (Å²) in [6.07, 6.45) is 9.70. The Balaban J connectivity index is 1.14. The Hall–Kier alpha value is -4.18. The number of rotatable bonds is 7. The highest BCUT2D eigenvalue weighted by Gasteiger charge is 2.62. The molecule has 15 nitrogen and oxygen atoms in total. The molecule has 8 rings (SSSR count). The van der Waals surface area contributed by atoms with Crippen molar-refractivity contribution < 1.29 is 37.1 Å². The number of hydrogen-bond donors (Lipinski definition) is 3. The van der Waals surface area contributed by atoms with Crippen molar-refractivity contribution in [2.75, 3.05) is 6.54 Å². The lowest BCUT2D eigenvalue weighted by Crippen LogP contribution is -2.59. The van der Waals surface area contributed by atoms with Gasteiger partial charge in [-0.05, 0) is 94.2 Å². The average Bonchev–Trinajstić information content (AvgIpc) is 3.96. The average molecular weight is 827 g/mol. The van der Waals surface area contributed by atoms with E-state index in [1.54, 1.807) is 18.2 Å². The molecule has 17 heteroatoms. The fourth-order valence-corrected chi connectivity index (χ4v) is 11.0. The van der Waals surface area contributed by atoms with Crippen molar-refractivity contribution in [3.63, 3.8) is 0 Å². The van der Waals surface area contributed by atoms with Crippen LogP contribution in [0, 0.1) is 17.8 Å². The third-order valence-corrected chi connectivity index (χ3v) is 15.0. The normalized spacial score (nSPS) is 31.2. The van der Waals surface area contributed by atoms with Crippen LogP contribution >= 0.6 is 11.6 Å². The molecule has 1 aromatic heterocycles. The van der Waals surface area contributed by atoms with Crippen LogP contribution in [-0.4, -0.2) is 88.3 Å². The summed E-state index contributed by atoms with van der Waals surface area (Å²) in [5.74, 6) is -2.58. The molecule has 5 fully saturated rings. The fraction of sp³-hybridized carbons (Fsp3) is 0.650. The molecule has 3 N–H and O–H groups in total. The first-order valence-electron chi connectivity index (χ1n) is 20.5. The number of nitrogens with zero attached hydrogens (tertiary/aromatic N) is 3. The second-order valence-corrected chi connectivity index (χ2v) is 19.2. The van der Waals surface area contributed by atoms with Crippen LogP contribution in [0.1, 0.15) is 96.3 Å². The molecule has 6 aliphatic rings. The molecule has 3 heterocycles. The standard InChI is InChI=1S/C40H51ClN6O9S/c1-2-25-21-40(25,37(51)45-57(53,54)28-15-16-28)44-34(48)31-20-27-22-47(31)36(50)33(24-10-5-6-11-24)43-39(52)56-32-13-8-12-23(32)9-4-3-7-18-46-35(49)29-17-14-26(41)19-30(29)42-38(46)55-27/h2,14,17,19,23-25,27-28,31-33H,1,3-13,15-16,18,20-22H2,(H,43,52)(H,44,48)(H,45,51)/t23-,25-,27-,31+,32-,33+,40-/m1/s1. The number of carbonyl (C=O) groups excluding carboxylic acids is 4. The van der Waals surface area contributed by atoms with Gasteiger partial charge in [-0.25, -0.2) is 13.2 Å². The number of carbonyl (C=O) groups is 4. The van der Waals surface area contributed by atoms with Crippen LogP contribution in [0.15, 0.2) is 35.6 Å². The van der Waals surface area contributed by atoms with Crippen LogP contribution in [0.3, 0.4) is 0 Å². The second kappa shape index (κ2) is 15.9. The van der Waals surface area contributed by atoms with Crippen molar-refractivity contribution in [3.05, 3.63) is 46.2 Å². The fourth-order valence-electron chi connectivity index (χ4n) is 9.49. The van der Waals surface area contributed by atoms with Gasteiger partial charge >= 0.3 is 6.09 Å². The van der Waals surface area contributed by atoms with E-state index in [1.165, 1.54) is 15.5 Å². The molecule has 0 spiro atoms. The van der Waals surface area contributed by atoms with Crippen molar-refractivity contribution in [1.29, 1.82) is 0 Å². The van der Waals surface area contributed by atoms with E-state index < -0.39 is 68.7 Å². The van der Waals surface area contributed by atoms with Gasteiger partial charge in [-0.3, -0.25) is 28.5 Å². The number of aromatic nitrogens is 2. The second-order valence-electron chi connectivity index (χ2n) is 16.8. The van der Waals surface area contributed by atoms with Gasteiger partial charge in [-0.2, -0.15) is 4.98 Å².